The number of likely N-dealkylation sites (N-methyl/N-ethyl adjacent to an activating group) is 1. The van der Waals surface area contributed by atoms with Gasteiger partial charge in [0.2, 0.25) is 0 Å². The van der Waals surface area contributed by atoms with Gasteiger partial charge in [0.15, 0.2) is 0 Å². The van der Waals surface area contributed by atoms with Crippen molar-refractivity contribution in [3.63, 3.8) is 0 Å². The summed E-state index contributed by atoms with van der Waals surface area (Å²) in [4.78, 5) is 27.3. The maximum Gasteiger partial charge on any atom is 0.338 e. The molecule has 22 heavy (non-hydrogen) atoms. The van der Waals surface area contributed by atoms with Gasteiger partial charge in [-0.3, -0.25) is 0 Å². The number of rotatable bonds is 3. The number of esters is 1. The summed E-state index contributed by atoms with van der Waals surface area (Å²) >= 11 is 0. The van der Waals surface area contributed by atoms with Gasteiger partial charge < -0.3 is 14.5 Å². The molecular weight excluding hydrogens is 287 g/mol. The molecule has 5 nitrogen and oxygen atoms in total. The molecule has 1 aromatic rings. The highest BCUT2D eigenvalue weighted by molar-refractivity contribution is 5.94. The molecule has 1 aliphatic heterocycles. The lowest BCUT2D eigenvalue weighted by Crippen LogP contribution is -2.47. The van der Waals surface area contributed by atoms with Crippen LogP contribution in [0.15, 0.2) is 35.5 Å². The van der Waals surface area contributed by atoms with Crippen LogP contribution in [0.4, 0.5) is 9.18 Å². The first-order valence-corrected chi connectivity index (χ1v) is 7.03. The van der Waals surface area contributed by atoms with Crippen LogP contribution in [0, 0.1) is 5.82 Å². The van der Waals surface area contributed by atoms with Gasteiger partial charge in [0, 0.05) is 25.4 Å². The first-order chi connectivity index (χ1) is 10.4. The van der Waals surface area contributed by atoms with Crippen LogP contribution in [0.5, 0.6) is 0 Å². The average molecular weight is 306 g/mol. The number of nitrogens with zero attached hydrogens (tertiary/aromatic N) is 2. The van der Waals surface area contributed by atoms with Gasteiger partial charge in [0.1, 0.15) is 5.82 Å². The van der Waals surface area contributed by atoms with Crippen molar-refractivity contribution in [1.29, 1.82) is 0 Å². The van der Waals surface area contributed by atoms with Gasteiger partial charge in [-0.1, -0.05) is 18.2 Å². The van der Waals surface area contributed by atoms with Gasteiger partial charge in [-0.25, -0.2) is 14.0 Å². The molecule has 0 radical (unpaired) electrons. The Morgan fingerprint density at radius 3 is 2.55 bits per heavy atom. The summed E-state index contributed by atoms with van der Waals surface area (Å²) in [5, 5.41) is 0. The number of allylic oxidation sites excluding steroid dienone is 1. The molecule has 118 valence electrons. The zero-order chi connectivity index (χ0) is 16.4. The average Bonchev–Trinajstić information content (AvgIpc) is 2.49. The summed E-state index contributed by atoms with van der Waals surface area (Å²) in [6.07, 6.45) is 0. The van der Waals surface area contributed by atoms with E-state index in [0.29, 0.717) is 5.70 Å². The first-order valence-electron chi connectivity index (χ1n) is 7.03. The number of carbonyl (C=O) groups excluding carboxylic acids is 2. The SMILES string of the molecule is CCOC(=O)C1=C(C)N(C)C(=O)N(C)[C@@H]1c1ccccc1F. The van der Waals surface area contributed by atoms with E-state index < -0.39 is 17.8 Å². The largest absolute Gasteiger partial charge is 0.463 e. The van der Waals surface area contributed by atoms with Crippen LogP contribution in [-0.2, 0) is 9.53 Å². The van der Waals surface area contributed by atoms with E-state index in [4.69, 9.17) is 4.74 Å². The minimum absolute atomic E-state index is 0.209. The lowest BCUT2D eigenvalue weighted by molar-refractivity contribution is -0.139. The fourth-order valence-corrected chi connectivity index (χ4v) is 2.59. The molecule has 0 saturated heterocycles. The van der Waals surface area contributed by atoms with E-state index in [9.17, 15) is 14.0 Å². The summed E-state index contributed by atoms with van der Waals surface area (Å²) in [7, 11) is 3.12. The van der Waals surface area contributed by atoms with Crippen molar-refractivity contribution in [2.24, 2.45) is 0 Å². The Kier molecular flexibility index (Phi) is 4.49. The molecule has 1 aromatic carbocycles. The van der Waals surface area contributed by atoms with Crippen LogP contribution in [0.25, 0.3) is 0 Å². The van der Waals surface area contributed by atoms with Crippen LogP contribution >= 0.6 is 0 Å². The Labute approximate surface area is 129 Å². The maximum absolute atomic E-state index is 14.2. The Bertz CT molecular complexity index is 642. The minimum atomic E-state index is -0.802. The van der Waals surface area contributed by atoms with Gasteiger partial charge in [-0.05, 0) is 19.9 Å². The quantitative estimate of drug-likeness (QED) is 0.807. The topological polar surface area (TPSA) is 49.9 Å². The molecule has 0 saturated carbocycles. The Hall–Kier alpha value is -2.37. The van der Waals surface area contributed by atoms with Crippen LogP contribution in [0.1, 0.15) is 25.5 Å². The summed E-state index contributed by atoms with van der Waals surface area (Å²) in [6, 6.07) is 5.01. The molecule has 6 heteroatoms. The molecule has 0 fully saturated rings. The molecule has 0 unspecified atom stereocenters. The maximum atomic E-state index is 14.2. The summed E-state index contributed by atoms with van der Waals surface area (Å²) < 4.78 is 19.3. The highest BCUT2D eigenvalue weighted by Gasteiger charge is 2.40. The van der Waals surface area contributed by atoms with Crippen LogP contribution in [-0.4, -0.2) is 42.5 Å². The fourth-order valence-electron chi connectivity index (χ4n) is 2.59. The molecule has 0 aromatic heterocycles. The third-order valence-corrected chi connectivity index (χ3v) is 3.84. The molecule has 2 rings (SSSR count). The van der Waals surface area contributed by atoms with Gasteiger partial charge in [0.25, 0.3) is 0 Å². The number of hydrogen-bond acceptors (Lipinski definition) is 3. The second kappa shape index (κ2) is 6.17. The van der Waals surface area contributed by atoms with Crippen LogP contribution in [0.3, 0.4) is 0 Å². The minimum Gasteiger partial charge on any atom is -0.463 e. The molecule has 0 spiro atoms. The fraction of sp³-hybridized carbons (Fsp3) is 0.375. The normalized spacial score (nSPS) is 18.8. The van der Waals surface area contributed by atoms with Crippen molar-refractivity contribution in [3.05, 3.63) is 46.9 Å². The lowest BCUT2D eigenvalue weighted by atomic mass is 9.93. The standard InChI is InChI=1S/C16H19FN2O3/c1-5-22-15(20)13-10(2)18(3)16(21)19(4)14(13)11-8-6-7-9-12(11)17/h6-9,14H,5H2,1-4H3/t14-/m1/s1. The lowest BCUT2D eigenvalue weighted by Gasteiger charge is -2.39. The number of carbonyl (C=O) groups is 2. The van der Waals surface area contributed by atoms with Crippen molar-refractivity contribution >= 4 is 12.0 Å². The Morgan fingerprint density at radius 1 is 1.32 bits per heavy atom. The number of ether oxygens (including phenoxy) is 1. The zero-order valence-corrected chi connectivity index (χ0v) is 13.1. The second-order valence-corrected chi connectivity index (χ2v) is 5.10. The smallest absolute Gasteiger partial charge is 0.338 e. The molecule has 0 N–H and O–H groups in total. The predicted molar refractivity (Wildman–Crippen MR) is 79.4 cm³/mol. The van der Waals surface area contributed by atoms with Crippen molar-refractivity contribution in [1.82, 2.24) is 9.80 Å². The highest BCUT2D eigenvalue weighted by Crippen LogP contribution is 2.37. The molecular formula is C16H19FN2O3. The van der Waals surface area contributed by atoms with Crippen molar-refractivity contribution in [2.75, 3.05) is 20.7 Å². The third-order valence-electron chi connectivity index (χ3n) is 3.84. The number of halogens is 1. The summed E-state index contributed by atoms with van der Waals surface area (Å²) in [5.74, 6) is -1.01. The number of benzene rings is 1. The van der Waals surface area contributed by atoms with Crippen molar-refractivity contribution < 1.29 is 18.7 Å². The number of hydrogen-bond donors (Lipinski definition) is 0. The van der Waals surface area contributed by atoms with E-state index in [2.05, 4.69) is 0 Å². The molecule has 0 bridgehead atoms. The van der Waals surface area contributed by atoms with E-state index in [-0.39, 0.29) is 23.8 Å². The molecule has 0 aliphatic carbocycles. The van der Waals surface area contributed by atoms with Gasteiger partial charge >= 0.3 is 12.0 Å². The first kappa shape index (κ1) is 16.0. The van der Waals surface area contributed by atoms with Crippen molar-refractivity contribution in [3.8, 4) is 0 Å². The van der Waals surface area contributed by atoms with Gasteiger partial charge in [-0.15, -0.1) is 0 Å². The third kappa shape index (κ3) is 2.56. The second-order valence-electron chi connectivity index (χ2n) is 5.10. The van der Waals surface area contributed by atoms with E-state index in [1.807, 2.05) is 0 Å². The Balaban J connectivity index is 2.63. The molecule has 1 aliphatic rings. The monoisotopic (exact) mass is 306 g/mol. The van der Waals surface area contributed by atoms with Gasteiger partial charge in [-0.2, -0.15) is 0 Å². The molecule has 1 heterocycles. The van der Waals surface area contributed by atoms with E-state index in [0.717, 1.165) is 0 Å². The zero-order valence-electron chi connectivity index (χ0n) is 13.1. The number of urea groups is 1. The Morgan fingerprint density at radius 2 is 1.95 bits per heavy atom. The van der Waals surface area contributed by atoms with Crippen LogP contribution < -0.4 is 0 Å². The van der Waals surface area contributed by atoms with E-state index >= 15 is 0 Å². The highest BCUT2D eigenvalue weighted by atomic mass is 19.1. The van der Waals surface area contributed by atoms with Gasteiger partial charge in [0.05, 0.1) is 18.2 Å². The van der Waals surface area contributed by atoms with Crippen LogP contribution in [0.2, 0.25) is 0 Å². The van der Waals surface area contributed by atoms with Crippen molar-refractivity contribution in [2.45, 2.75) is 19.9 Å². The predicted octanol–water partition coefficient (Wildman–Crippen LogP) is 2.70. The van der Waals surface area contributed by atoms with E-state index in [1.54, 1.807) is 46.1 Å². The summed E-state index contributed by atoms with van der Waals surface area (Å²) in [5.41, 5.74) is 1.01. The van der Waals surface area contributed by atoms with E-state index in [1.165, 1.54) is 15.9 Å². The number of amides is 2. The molecule has 1 atom stereocenters. The molecule has 2 amide bonds. The summed E-state index contributed by atoms with van der Waals surface area (Å²) in [6.45, 7) is 3.57.